The van der Waals surface area contributed by atoms with Gasteiger partial charge in [-0.25, -0.2) is 9.37 Å². The summed E-state index contributed by atoms with van der Waals surface area (Å²) in [6.07, 6.45) is 1.43. The summed E-state index contributed by atoms with van der Waals surface area (Å²) in [4.78, 5) is 15.5. The summed E-state index contributed by atoms with van der Waals surface area (Å²) < 4.78 is 24.7. The van der Waals surface area contributed by atoms with Gasteiger partial charge in [-0.2, -0.15) is 0 Å². The van der Waals surface area contributed by atoms with Crippen LogP contribution in [0.5, 0.6) is 11.5 Å². The maximum absolute atomic E-state index is 13.7. The van der Waals surface area contributed by atoms with E-state index in [-0.39, 0.29) is 22.5 Å². The molecule has 1 heterocycles. The van der Waals surface area contributed by atoms with Crippen LogP contribution < -0.4 is 14.6 Å². The predicted molar refractivity (Wildman–Crippen MR) is 104 cm³/mol. The SMILES string of the molecule is COc1cc(/C=C(\Sc2n[nH]c(C)n2)C(=O)[O-])ccc1OCc1ccccc1F. The molecule has 3 aromatic rings. The van der Waals surface area contributed by atoms with Crippen molar-refractivity contribution in [1.29, 1.82) is 0 Å². The van der Waals surface area contributed by atoms with Gasteiger partial charge in [0.1, 0.15) is 18.2 Å². The normalized spacial score (nSPS) is 11.3. The maximum Gasteiger partial charge on any atom is 0.213 e. The third-order valence-corrected chi connectivity index (χ3v) is 4.68. The first-order valence-electron chi connectivity index (χ1n) is 8.50. The first kappa shape index (κ1) is 20.4. The monoisotopic (exact) mass is 414 g/mol. The predicted octanol–water partition coefficient (Wildman–Crippen LogP) is 2.72. The van der Waals surface area contributed by atoms with E-state index in [0.29, 0.717) is 28.5 Å². The van der Waals surface area contributed by atoms with Crippen LogP contribution in [-0.4, -0.2) is 28.3 Å². The number of aryl methyl sites for hydroxylation is 1. The highest BCUT2D eigenvalue weighted by Crippen LogP contribution is 2.31. The van der Waals surface area contributed by atoms with Crippen molar-refractivity contribution in [2.45, 2.75) is 18.7 Å². The van der Waals surface area contributed by atoms with Gasteiger partial charge in [0, 0.05) is 10.5 Å². The Bertz CT molecular complexity index is 1050. The lowest BCUT2D eigenvalue weighted by Crippen LogP contribution is -2.23. The molecule has 0 saturated carbocycles. The molecule has 0 aliphatic rings. The molecule has 0 amide bonds. The first-order chi connectivity index (χ1) is 14.0. The number of aliphatic carboxylic acids is 1. The molecule has 0 radical (unpaired) electrons. The molecule has 1 aromatic heterocycles. The number of hydrogen-bond donors (Lipinski definition) is 1. The lowest BCUT2D eigenvalue weighted by Gasteiger charge is -2.12. The van der Waals surface area contributed by atoms with Crippen molar-refractivity contribution in [1.82, 2.24) is 15.2 Å². The number of methoxy groups -OCH3 is 1. The van der Waals surface area contributed by atoms with Crippen molar-refractivity contribution in [3.8, 4) is 11.5 Å². The van der Waals surface area contributed by atoms with Crippen LogP contribution in [0.15, 0.2) is 52.5 Å². The van der Waals surface area contributed by atoms with Crippen molar-refractivity contribution < 1.29 is 23.8 Å². The fraction of sp³-hybridized carbons (Fsp3) is 0.150. The molecule has 0 aliphatic carbocycles. The van der Waals surface area contributed by atoms with E-state index in [4.69, 9.17) is 9.47 Å². The van der Waals surface area contributed by atoms with Crippen LogP contribution >= 0.6 is 11.8 Å². The summed E-state index contributed by atoms with van der Waals surface area (Å²) in [5, 5.41) is 18.3. The molecule has 2 aromatic carbocycles. The highest BCUT2D eigenvalue weighted by atomic mass is 32.2. The number of H-pyrrole nitrogens is 1. The smallest absolute Gasteiger partial charge is 0.213 e. The second-order valence-electron chi connectivity index (χ2n) is 5.89. The minimum atomic E-state index is -1.35. The van der Waals surface area contributed by atoms with E-state index in [2.05, 4.69) is 15.2 Å². The van der Waals surface area contributed by atoms with Gasteiger partial charge in [0.25, 0.3) is 0 Å². The van der Waals surface area contributed by atoms with Crippen LogP contribution in [-0.2, 0) is 11.4 Å². The molecular weight excluding hydrogens is 397 g/mol. The van der Waals surface area contributed by atoms with E-state index in [1.807, 2.05) is 0 Å². The number of rotatable bonds is 8. The van der Waals surface area contributed by atoms with E-state index in [1.165, 1.54) is 19.3 Å². The molecular formula is C20H17FN3O4S-. The number of carbonyl (C=O) groups is 1. The number of thioether (sulfide) groups is 1. The number of nitrogens with zero attached hydrogens (tertiary/aromatic N) is 2. The number of hydrogen-bond acceptors (Lipinski definition) is 7. The molecule has 0 fully saturated rings. The largest absolute Gasteiger partial charge is 0.544 e. The minimum absolute atomic E-state index is 0.0303. The van der Waals surface area contributed by atoms with Crippen molar-refractivity contribution in [2.75, 3.05) is 7.11 Å². The van der Waals surface area contributed by atoms with Crippen LogP contribution in [0.3, 0.4) is 0 Å². The lowest BCUT2D eigenvalue weighted by molar-refractivity contribution is -0.298. The number of ether oxygens (including phenoxy) is 2. The summed E-state index contributed by atoms with van der Waals surface area (Å²) >= 11 is 0.871. The molecule has 29 heavy (non-hydrogen) atoms. The Morgan fingerprint density at radius 1 is 1.28 bits per heavy atom. The van der Waals surface area contributed by atoms with Crippen LogP contribution in [0.4, 0.5) is 4.39 Å². The Labute approximate surface area is 170 Å². The number of carboxylic acids is 1. The van der Waals surface area contributed by atoms with E-state index >= 15 is 0 Å². The van der Waals surface area contributed by atoms with E-state index in [0.717, 1.165) is 11.8 Å². The van der Waals surface area contributed by atoms with Crippen LogP contribution in [0.1, 0.15) is 17.0 Å². The zero-order chi connectivity index (χ0) is 20.8. The third kappa shape index (κ3) is 5.35. The Hall–Kier alpha value is -3.33. The van der Waals surface area contributed by atoms with Gasteiger partial charge in [-0.3, -0.25) is 5.10 Å². The zero-order valence-corrected chi connectivity index (χ0v) is 16.5. The molecule has 9 heteroatoms. The van der Waals surface area contributed by atoms with E-state index in [1.54, 1.807) is 43.3 Å². The highest BCUT2D eigenvalue weighted by Gasteiger charge is 2.10. The summed E-state index contributed by atoms with van der Waals surface area (Å²) in [5.74, 6) is -0.352. The maximum atomic E-state index is 13.7. The fourth-order valence-electron chi connectivity index (χ4n) is 2.41. The molecule has 0 aliphatic heterocycles. The molecule has 1 N–H and O–H groups in total. The number of carbonyl (C=O) groups excluding carboxylic acids is 1. The van der Waals surface area contributed by atoms with E-state index in [9.17, 15) is 14.3 Å². The average Bonchev–Trinajstić information content (AvgIpc) is 3.12. The Kier molecular flexibility index (Phi) is 6.50. The number of halogens is 1. The molecule has 0 unspecified atom stereocenters. The molecule has 3 rings (SSSR count). The van der Waals surface area contributed by atoms with Gasteiger partial charge in [-0.15, -0.1) is 5.10 Å². The van der Waals surface area contributed by atoms with Crippen LogP contribution in [0.2, 0.25) is 0 Å². The van der Waals surface area contributed by atoms with Gasteiger partial charge in [-0.05, 0) is 48.5 Å². The number of aromatic nitrogens is 3. The van der Waals surface area contributed by atoms with Gasteiger partial charge in [0.2, 0.25) is 5.16 Å². The number of aromatic amines is 1. The second kappa shape index (κ2) is 9.24. The molecule has 0 bridgehead atoms. The highest BCUT2D eigenvalue weighted by molar-refractivity contribution is 8.04. The van der Waals surface area contributed by atoms with Crippen molar-refractivity contribution in [2.24, 2.45) is 0 Å². The van der Waals surface area contributed by atoms with Crippen molar-refractivity contribution >= 4 is 23.8 Å². The quantitative estimate of drug-likeness (QED) is 0.447. The Balaban J connectivity index is 1.80. The zero-order valence-electron chi connectivity index (χ0n) is 15.6. The summed E-state index contributed by atoms with van der Waals surface area (Å²) in [5.41, 5.74) is 0.968. The lowest BCUT2D eigenvalue weighted by atomic mass is 10.2. The van der Waals surface area contributed by atoms with Gasteiger partial charge in [0.15, 0.2) is 11.5 Å². The summed E-state index contributed by atoms with van der Waals surface area (Å²) in [6, 6.07) is 11.2. The minimum Gasteiger partial charge on any atom is -0.544 e. The van der Waals surface area contributed by atoms with Crippen molar-refractivity contribution in [3.63, 3.8) is 0 Å². The first-order valence-corrected chi connectivity index (χ1v) is 9.32. The van der Waals surface area contributed by atoms with E-state index < -0.39 is 5.97 Å². The van der Waals surface area contributed by atoms with Gasteiger partial charge < -0.3 is 19.4 Å². The molecule has 0 saturated heterocycles. The number of benzene rings is 2. The summed E-state index contributed by atoms with van der Waals surface area (Å²) in [6.45, 7) is 1.74. The van der Waals surface area contributed by atoms with Crippen molar-refractivity contribution in [3.05, 3.63) is 70.1 Å². The average molecular weight is 414 g/mol. The van der Waals surface area contributed by atoms with Gasteiger partial charge >= 0.3 is 0 Å². The number of nitrogens with one attached hydrogen (secondary N) is 1. The van der Waals surface area contributed by atoms with Crippen LogP contribution in [0, 0.1) is 12.7 Å². The molecule has 7 nitrogen and oxygen atoms in total. The number of carboxylic acid groups (broad SMARTS) is 1. The Morgan fingerprint density at radius 3 is 2.72 bits per heavy atom. The van der Waals surface area contributed by atoms with Crippen LogP contribution in [0.25, 0.3) is 6.08 Å². The van der Waals surface area contributed by atoms with Gasteiger partial charge in [-0.1, -0.05) is 24.3 Å². The molecule has 0 atom stereocenters. The molecule has 150 valence electrons. The molecule has 0 spiro atoms. The topological polar surface area (TPSA) is 100 Å². The van der Waals surface area contributed by atoms with Gasteiger partial charge in [0.05, 0.1) is 13.1 Å². The Morgan fingerprint density at radius 2 is 2.07 bits per heavy atom. The summed E-state index contributed by atoms with van der Waals surface area (Å²) in [7, 11) is 1.46. The second-order valence-corrected chi connectivity index (χ2v) is 6.90. The standard InChI is InChI=1S/C20H18FN3O4S/c1-12-22-20(24-23-12)29-18(19(25)26)10-13-7-8-16(17(9-13)27-2)28-11-14-5-3-4-6-15(14)21/h3-10H,11H2,1-2H3,(H,25,26)(H,22,23,24)/p-1/b18-10-. The fourth-order valence-corrected chi connectivity index (χ4v) is 3.16. The third-order valence-electron chi connectivity index (χ3n) is 3.81.